The van der Waals surface area contributed by atoms with Crippen LogP contribution in [0.4, 0.5) is 0 Å². The third-order valence-corrected chi connectivity index (χ3v) is 2.80. The first kappa shape index (κ1) is 10.9. The molecule has 16 heavy (non-hydrogen) atoms. The number of benzene rings is 1. The molecule has 3 nitrogen and oxygen atoms in total. The van der Waals surface area contributed by atoms with E-state index in [2.05, 4.69) is 4.98 Å². The first-order valence-electron chi connectivity index (χ1n) is 4.77. The second-order valence-corrected chi connectivity index (χ2v) is 3.78. The lowest BCUT2D eigenvalue weighted by Crippen LogP contribution is -1.97. The van der Waals surface area contributed by atoms with Crippen molar-refractivity contribution in [3.05, 3.63) is 35.0 Å². The third kappa shape index (κ3) is 1.63. The topological polar surface area (TPSA) is 39.2 Å². The Morgan fingerprint density at radius 2 is 2.19 bits per heavy atom. The van der Waals surface area contributed by atoms with Gasteiger partial charge in [-0.3, -0.25) is 9.78 Å². The van der Waals surface area contributed by atoms with Gasteiger partial charge in [0.15, 0.2) is 5.78 Å². The van der Waals surface area contributed by atoms with Gasteiger partial charge in [0.2, 0.25) is 0 Å². The number of halogens is 1. The van der Waals surface area contributed by atoms with Gasteiger partial charge in [0.1, 0.15) is 11.3 Å². The van der Waals surface area contributed by atoms with E-state index in [1.54, 1.807) is 13.2 Å². The molecule has 0 bridgehead atoms. The van der Waals surface area contributed by atoms with Crippen LogP contribution in [-0.2, 0) is 0 Å². The minimum absolute atomic E-state index is 0.0952. The second kappa shape index (κ2) is 4.10. The van der Waals surface area contributed by atoms with E-state index in [0.29, 0.717) is 21.9 Å². The van der Waals surface area contributed by atoms with Crippen LogP contribution in [0.5, 0.6) is 5.75 Å². The summed E-state index contributed by atoms with van der Waals surface area (Å²) >= 11 is 6.15. The van der Waals surface area contributed by atoms with Crippen molar-refractivity contribution in [3.8, 4) is 5.75 Å². The van der Waals surface area contributed by atoms with E-state index in [4.69, 9.17) is 16.3 Å². The van der Waals surface area contributed by atoms with E-state index in [9.17, 15) is 4.79 Å². The maximum absolute atomic E-state index is 11.3. The standard InChI is InChI=1S/C12H10ClNO2/c1-7(15)9-6-14-12-8(11(9)13)4-3-5-10(12)16-2/h3-6H,1-2H3. The summed E-state index contributed by atoms with van der Waals surface area (Å²) in [6, 6.07) is 5.44. The summed E-state index contributed by atoms with van der Waals surface area (Å²) in [6.45, 7) is 1.47. The average molecular weight is 236 g/mol. The number of ether oxygens (including phenoxy) is 1. The molecule has 0 saturated carbocycles. The van der Waals surface area contributed by atoms with Gasteiger partial charge in [-0.25, -0.2) is 0 Å². The third-order valence-electron chi connectivity index (χ3n) is 2.39. The van der Waals surface area contributed by atoms with Crippen LogP contribution in [0.25, 0.3) is 10.9 Å². The monoisotopic (exact) mass is 235 g/mol. The van der Waals surface area contributed by atoms with Gasteiger partial charge in [0.25, 0.3) is 0 Å². The average Bonchev–Trinajstić information content (AvgIpc) is 2.28. The van der Waals surface area contributed by atoms with Crippen molar-refractivity contribution in [2.75, 3.05) is 7.11 Å². The molecule has 0 radical (unpaired) electrons. The largest absolute Gasteiger partial charge is 0.494 e. The molecule has 82 valence electrons. The number of pyridine rings is 1. The lowest BCUT2D eigenvalue weighted by atomic mass is 10.1. The summed E-state index contributed by atoms with van der Waals surface area (Å²) in [5.74, 6) is 0.553. The Morgan fingerprint density at radius 1 is 1.44 bits per heavy atom. The fourth-order valence-corrected chi connectivity index (χ4v) is 1.91. The summed E-state index contributed by atoms with van der Waals surface area (Å²) in [5.41, 5.74) is 1.10. The van der Waals surface area contributed by atoms with Crippen LogP contribution in [0.15, 0.2) is 24.4 Å². The van der Waals surface area contributed by atoms with Gasteiger partial charge in [-0.05, 0) is 13.0 Å². The molecule has 0 N–H and O–H groups in total. The smallest absolute Gasteiger partial charge is 0.162 e. The molecule has 0 amide bonds. The number of methoxy groups -OCH3 is 1. The maximum Gasteiger partial charge on any atom is 0.162 e. The fourth-order valence-electron chi connectivity index (χ4n) is 1.57. The van der Waals surface area contributed by atoms with E-state index >= 15 is 0 Å². The number of para-hydroxylation sites is 1. The Hall–Kier alpha value is -1.61. The number of hydrogen-bond donors (Lipinski definition) is 0. The second-order valence-electron chi connectivity index (χ2n) is 3.40. The number of carbonyl (C=O) groups excluding carboxylic acids is 1. The van der Waals surface area contributed by atoms with Crippen molar-refractivity contribution >= 4 is 28.3 Å². The molecule has 2 rings (SSSR count). The Balaban J connectivity index is 2.81. The number of hydrogen-bond acceptors (Lipinski definition) is 3. The highest BCUT2D eigenvalue weighted by atomic mass is 35.5. The Bertz CT molecular complexity index is 566. The molecule has 1 aromatic heterocycles. The van der Waals surface area contributed by atoms with Gasteiger partial charge in [-0.15, -0.1) is 0 Å². The Kier molecular flexibility index (Phi) is 2.79. The predicted molar refractivity (Wildman–Crippen MR) is 63.3 cm³/mol. The Morgan fingerprint density at radius 3 is 2.81 bits per heavy atom. The van der Waals surface area contributed by atoms with Crippen molar-refractivity contribution in [1.82, 2.24) is 4.98 Å². The Labute approximate surface area is 98.0 Å². The van der Waals surface area contributed by atoms with Crippen LogP contribution in [0.1, 0.15) is 17.3 Å². The maximum atomic E-state index is 11.3. The van der Waals surface area contributed by atoms with Crippen LogP contribution in [0, 0.1) is 0 Å². The van der Waals surface area contributed by atoms with E-state index in [0.717, 1.165) is 5.39 Å². The van der Waals surface area contributed by atoms with Gasteiger partial charge in [0.05, 0.1) is 17.7 Å². The number of nitrogens with zero attached hydrogens (tertiary/aromatic N) is 1. The fraction of sp³-hybridized carbons (Fsp3) is 0.167. The molecule has 0 spiro atoms. The van der Waals surface area contributed by atoms with Crippen molar-refractivity contribution in [1.29, 1.82) is 0 Å². The molecule has 0 unspecified atom stereocenters. The highest BCUT2D eigenvalue weighted by Gasteiger charge is 2.12. The van der Waals surface area contributed by atoms with Crippen molar-refractivity contribution in [2.24, 2.45) is 0 Å². The number of fused-ring (bicyclic) bond motifs is 1. The summed E-state index contributed by atoms with van der Waals surface area (Å²) in [4.78, 5) is 15.5. The number of rotatable bonds is 2. The lowest BCUT2D eigenvalue weighted by molar-refractivity contribution is 0.101. The molecule has 0 aliphatic carbocycles. The molecular weight excluding hydrogens is 226 g/mol. The molecule has 0 fully saturated rings. The van der Waals surface area contributed by atoms with E-state index in [1.807, 2.05) is 12.1 Å². The molecule has 0 atom stereocenters. The minimum atomic E-state index is -0.0952. The molecule has 1 heterocycles. The van der Waals surface area contributed by atoms with Crippen molar-refractivity contribution < 1.29 is 9.53 Å². The number of Topliss-reactive ketones (excluding diaryl/α,β-unsaturated/α-hetero) is 1. The summed E-state index contributed by atoms with van der Waals surface area (Å²) < 4.78 is 5.18. The predicted octanol–water partition coefficient (Wildman–Crippen LogP) is 3.10. The zero-order valence-corrected chi connectivity index (χ0v) is 9.71. The zero-order chi connectivity index (χ0) is 11.7. The van der Waals surface area contributed by atoms with Crippen LogP contribution >= 0.6 is 11.6 Å². The normalized spacial score (nSPS) is 10.4. The van der Waals surface area contributed by atoms with Gasteiger partial charge in [-0.1, -0.05) is 23.7 Å². The molecule has 4 heteroatoms. The van der Waals surface area contributed by atoms with Crippen LogP contribution in [0.3, 0.4) is 0 Å². The van der Waals surface area contributed by atoms with Gasteiger partial charge in [-0.2, -0.15) is 0 Å². The zero-order valence-electron chi connectivity index (χ0n) is 8.95. The molecule has 0 saturated heterocycles. The lowest BCUT2D eigenvalue weighted by Gasteiger charge is -2.07. The van der Waals surface area contributed by atoms with Crippen molar-refractivity contribution in [2.45, 2.75) is 6.92 Å². The van der Waals surface area contributed by atoms with E-state index in [-0.39, 0.29) is 5.78 Å². The summed E-state index contributed by atoms with van der Waals surface area (Å²) in [7, 11) is 1.57. The molecule has 2 aromatic rings. The van der Waals surface area contributed by atoms with Crippen LogP contribution in [-0.4, -0.2) is 17.9 Å². The summed E-state index contributed by atoms with van der Waals surface area (Å²) in [6.07, 6.45) is 1.48. The number of aromatic nitrogens is 1. The van der Waals surface area contributed by atoms with Gasteiger partial charge < -0.3 is 4.74 Å². The van der Waals surface area contributed by atoms with E-state index < -0.39 is 0 Å². The van der Waals surface area contributed by atoms with Crippen LogP contribution in [0.2, 0.25) is 5.02 Å². The minimum Gasteiger partial charge on any atom is -0.494 e. The number of ketones is 1. The van der Waals surface area contributed by atoms with Crippen LogP contribution < -0.4 is 4.74 Å². The molecule has 0 aliphatic heterocycles. The van der Waals surface area contributed by atoms with Crippen molar-refractivity contribution in [3.63, 3.8) is 0 Å². The molecular formula is C12H10ClNO2. The number of carbonyl (C=O) groups is 1. The molecule has 0 aliphatic rings. The SMILES string of the molecule is COc1cccc2c(Cl)c(C(C)=O)cnc12. The highest BCUT2D eigenvalue weighted by Crippen LogP contribution is 2.31. The summed E-state index contributed by atoms with van der Waals surface area (Å²) in [5, 5.41) is 1.16. The van der Waals surface area contributed by atoms with Gasteiger partial charge in [0, 0.05) is 11.6 Å². The molecule has 1 aromatic carbocycles. The quantitative estimate of drug-likeness (QED) is 0.751. The van der Waals surface area contributed by atoms with E-state index in [1.165, 1.54) is 13.1 Å². The van der Waals surface area contributed by atoms with Gasteiger partial charge >= 0.3 is 0 Å². The first-order valence-corrected chi connectivity index (χ1v) is 5.15. The first-order chi connectivity index (χ1) is 7.65. The highest BCUT2D eigenvalue weighted by molar-refractivity contribution is 6.38.